The van der Waals surface area contributed by atoms with E-state index in [4.69, 9.17) is 4.74 Å². The molecule has 0 aliphatic heterocycles. The van der Waals surface area contributed by atoms with E-state index in [1.807, 2.05) is 27.7 Å². The zero-order valence-electron chi connectivity index (χ0n) is 16.9. The maximum Gasteiger partial charge on any atom is 0.410 e. The lowest BCUT2D eigenvalue weighted by atomic mass is 9.85. The second-order valence-corrected chi connectivity index (χ2v) is 8.58. The van der Waals surface area contributed by atoms with Gasteiger partial charge in [0, 0.05) is 17.7 Å². The summed E-state index contributed by atoms with van der Waals surface area (Å²) >= 11 is 0. The second-order valence-electron chi connectivity index (χ2n) is 8.58. The Kier molecular flexibility index (Phi) is 7.22. The molecule has 1 fully saturated rings. The van der Waals surface area contributed by atoms with Crippen molar-refractivity contribution in [3.05, 3.63) is 39.9 Å². The zero-order valence-corrected chi connectivity index (χ0v) is 16.9. The van der Waals surface area contributed by atoms with Gasteiger partial charge in [-0.05, 0) is 40.0 Å². The van der Waals surface area contributed by atoms with Gasteiger partial charge in [-0.15, -0.1) is 0 Å². The van der Waals surface area contributed by atoms with Gasteiger partial charge in [0.25, 0.3) is 5.69 Å². The third-order valence-electron chi connectivity index (χ3n) is 5.09. The van der Waals surface area contributed by atoms with E-state index in [1.54, 1.807) is 23.1 Å². The molecule has 0 unspecified atom stereocenters. The van der Waals surface area contributed by atoms with Crippen LogP contribution in [0.25, 0.3) is 0 Å². The van der Waals surface area contributed by atoms with Crippen molar-refractivity contribution in [3.63, 3.8) is 0 Å². The number of ether oxygens (including phenoxy) is 1. The van der Waals surface area contributed by atoms with Gasteiger partial charge in [-0.25, -0.2) is 4.79 Å². The molecule has 1 aliphatic carbocycles. The Morgan fingerprint density at radius 3 is 2.48 bits per heavy atom. The molecular weight excluding hydrogens is 344 g/mol. The molecule has 1 aromatic rings. The summed E-state index contributed by atoms with van der Waals surface area (Å²) in [7, 11) is 0. The minimum absolute atomic E-state index is 0.0379. The lowest BCUT2D eigenvalue weighted by molar-refractivity contribution is -0.385. The normalized spacial score (nSPS) is 16.6. The molecule has 0 aromatic heterocycles. The van der Waals surface area contributed by atoms with E-state index in [1.165, 1.54) is 38.2 Å². The summed E-state index contributed by atoms with van der Waals surface area (Å²) < 4.78 is 5.60. The quantitative estimate of drug-likeness (QED) is 0.472. The first kappa shape index (κ1) is 21.2. The number of hydrogen-bond acceptors (Lipinski definition) is 4. The zero-order chi connectivity index (χ0) is 20.0. The van der Waals surface area contributed by atoms with Crippen LogP contribution in [0, 0.1) is 16.0 Å². The van der Waals surface area contributed by atoms with Crippen molar-refractivity contribution in [2.45, 2.75) is 84.4 Å². The predicted molar refractivity (Wildman–Crippen MR) is 106 cm³/mol. The fourth-order valence-corrected chi connectivity index (χ4v) is 3.76. The van der Waals surface area contributed by atoms with E-state index in [2.05, 4.69) is 0 Å². The standard InChI is InChI=1S/C21H32N2O4/c1-16(14-17-10-6-5-7-11-17)22(20(24)27-21(2,3)4)15-18-12-8-9-13-19(18)23(25)26/h8-9,12-13,16-17H,5-7,10-11,14-15H2,1-4H3/t16-/m0/s1. The van der Waals surface area contributed by atoms with Crippen molar-refractivity contribution < 1.29 is 14.5 Å². The van der Waals surface area contributed by atoms with Crippen LogP contribution >= 0.6 is 0 Å². The summed E-state index contributed by atoms with van der Waals surface area (Å²) in [6, 6.07) is 6.56. The number of carbonyl (C=O) groups is 1. The van der Waals surface area contributed by atoms with Crippen molar-refractivity contribution in [2.24, 2.45) is 5.92 Å². The summed E-state index contributed by atoms with van der Waals surface area (Å²) in [6.45, 7) is 7.70. The van der Waals surface area contributed by atoms with Crippen LogP contribution < -0.4 is 0 Å². The number of nitro groups is 1. The van der Waals surface area contributed by atoms with E-state index < -0.39 is 16.6 Å². The lowest BCUT2D eigenvalue weighted by Gasteiger charge is -2.34. The molecule has 6 heteroatoms. The first-order chi connectivity index (χ1) is 12.7. The number of rotatable bonds is 6. The van der Waals surface area contributed by atoms with Gasteiger partial charge < -0.3 is 9.64 Å². The van der Waals surface area contributed by atoms with E-state index in [0.29, 0.717) is 11.5 Å². The number of para-hydroxylation sites is 1. The first-order valence-corrected chi connectivity index (χ1v) is 9.89. The van der Waals surface area contributed by atoms with Crippen LogP contribution in [0.15, 0.2) is 24.3 Å². The molecule has 2 rings (SSSR count). The van der Waals surface area contributed by atoms with Crippen molar-refractivity contribution in [1.82, 2.24) is 4.90 Å². The summed E-state index contributed by atoms with van der Waals surface area (Å²) in [6.07, 6.45) is 6.65. The highest BCUT2D eigenvalue weighted by molar-refractivity contribution is 5.69. The van der Waals surface area contributed by atoms with Crippen molar-refractivity contribution in [3.8, 4) is 0 Å². The molecule has 1 aromatic carbocycles. The van der Waals surface area contributed by atoms with Gasteiger partial charge in [-0.3, -0.25) is 10.1 Å². The Balaban J connectivity index is 2.21. The average molecular weight is 376 g/mol. The third-order valence-corrected chi connectivity index (χ3v) is 5.09. The highest BCUT2D eigenvalue weighted by atomic mass is 16.6. The number of hydrogen-bond donors (Lipinski definition) is 0. The summed E-state index contributed by atoms with van der Waals surface area (Å²) in [5, 5.41) is 11.4. The Labute approximate surface area is 162 Å². The molecule has 1 atom stereocenters. The van der Waals surface area contributed by atoms with Gasteiger partial charge in [0.15, 0.2) is 0 Å². The van der Waals surface area contributed by atoms with Crippen molar-refractivity contribution >= 4 is 11.8 Å². The van der Waals surface area contributed by atoms with Gasteiger partial charge in [-0.2, -0.15) is 0 Å². The van der Waals surface area contributed by atoms with Crippen LogP contribution in [0.2, 0.25) is 0 Å². The number of benzene rings is 1. The summed E-state index contributed by atoms with van der Waals surface area (Å²) in [5.74, 6) is 0.601. The summed E-state index contributed by atoms with van der Waals surface area (Å²) in [5.41, 5.74) is -0.0394. The molecule has 0 bridgehead atoms. The van der Waals surface area contributed by atoms with Crippen LogP contribution in [-0.4, -0.2) is 27.6 Å². The molecule has 150 valence electrons. The summed E-state index contributed by atoms with van der Waals surface area (Å²) in [4.78, 5) is 25.5. The molecule has 6 nitrogen and oxygen atoms in total. The fourth-order valence-electron chi connectivity index (χ4n) is 3.76. The largest absolute Gasteiger partial charge is 0.444 e. The molecule has 0 radical (unpaired) electrons. The number of nitro benzene ring substituents is 1. The average Bonchev–Trinajstić information content (AvgIpc) is 2.59. The van der Waals surface area contributed by atoms with Gasteiger partial charge in [0.2, 0.25) is 0 Å². The number of amides is 1. The van der Waals surface area contributed by atoms with Crippen LogP contribution in [0.4, 0.5) is 10.5 Å². The Bertz CT molecular complexity index is 648. The molecule has 1 saturated carbocycles. The van der Waals surface area contributed by atoms with Gasteiger partial charge in [0.05, 0.1) is 11.5 Å². The molecule has 0 saturated heterocycles. The highest BCUT2D eigenvalue weighted by Crippen LogP contribution is 2.30. The monoisotopic (exact) mass is 376 g/mol. The smallest absolute Gasteiger partial charge is 0.410 e. The van der Waals surface area contributed by atoms with Gasteiger partial charge >= 0.3 is 6.09 Å². The molecule has 0 N–H and O–H groups in total. The topological polar surface area (TPSA) is 72.7 Å². The Morgan fingerprint density at radius 1 is 1.26 bits per heavy atom. The van der Waals surface area contributed by atoms with Crippen molar-refractivity contribution in [1.29, 1.82) is 0 Å². The van der Waals surface area contributed by atoms with Gasteiger partial charge in [0.1, 0.15) is 5.60 Å². The lowest BCUT2D eigenvalue weighted by Crippen LogP contribution is -2.42. The molecule has 0 spiro atoms. The minimum Gasteiger partial charge on any atom is -0.444 e. The SMILES string of the molecule is C[C@@H](CC1CCCCC1)N(Cc1ccccc1[N+](=O)[O-])C(=O)OC(C)(C)C. The van der Waals surface area contributed by atoms with Crippen molar-refractivity contribution in [2.75, 3.05) is 0 Å². The number of carbonyl (C=O) groups excluding carboxylic acids is 1. The fraction of sp³-hybridized carbons (Fsp3) is 0.667. The molecule has 1 amide bonds. The minimum atomic E-state index is -0.609. The second kappa shape index (κ2) is 9.20. The maximum atomic E-state index is 12.9. The van der Waals surface area contributed by atoms with Crippen LogP contribution in [-0.2, 0) is 11.3 Å². The first-order valence-electron chi connectivity index (χ1n) is 9.89. The van der Waals surface area contributed by atoms with Gasteiger partial charge in [-0.1, -0.05) is 50.3 Å². The molecule has 0 heterocycles. The molecule has 1 aliphatic rings. The predicted octanol–water partition coefficient (Wildman–Crippen LogP) is 5.69. The van der Waals surface area contributed by atoms with E-state index in [0.717, 1.165) is 6.42 Å². The Hall–Kier alpha value is -2.11. The van der Waals surface area contributed by atoms with E-state index in [-0.39, 0.29) is 18.3 Å². The van der Waals surface area contributed by atoms with Crippen LogP contribution in [0.1, 0.15) is 71.8 Å². The van der Waals surface area contributed by atoms with E-state index >= 15 is 0 Å². The Morgan fingerprint density at radius 2 is 1.89 bits per heavy atom. The third kappa shape index (κ3) is 6.52. The molecule has 27 heavy (non-hydrogen) atoms. The van der Waals surface area contributed by atoms with Crippen LogP contribution in [0.3, 0.4) is 0 Å². The van der Waals surface area contributed by atoms with E-state index in [9.17, 15) is 14.9 Å². The highest BCUT2D eigenvalue weighted by Gasteiger charge is 2.30. The molecular formula is C21H32N2O4. The van der Waals surface area contributed by atoms with Crippen LogP contribution in [0.5, 0.6) is 0 Å². The number of nitrogens with zero attached hydrogens (tertiary/aromatic N) is 2. The maximum absolute atomic E-state index is 12.9.